The van der Waals surface area contributed by atoms with Gasteiger partial charge in [-0.1, -0.05) is 18.3 Å². The average molecular weight is 304 g/mol. The molecule has 0 saturated heterocycles. The number of nitrogens with one attached hydrogen (secondary N) is 1. The summed E-state index contributed by atoms with van der Waals surface area (Å²) in [6, 6.07) is 7.86. The Morgan fingerprint density at radius 1 is 1.40 bits per heavy atom. The molecule has 0 bridgehead atoms. The van der Waals surface area contributed by atoms with Crippen LogP contribution in [0.5, 0.6) is 0 Å². The van der Waals surface area contributed by atoms with Gasteiger partial charge in [0.1, 0.15) is 10.8 Å². The SMILES string of the molecule is CSc1cccc(NCc2ccnc(C)n2)c1C(N)=S. The lowest BCUT2D eigenvalue weighted by Gasteiger charge is -2.14. The summed E-state index contributed by atoms with van der Waals surface area (Å²) in [6.45, 7) is 2.48. The molecule has 3 N–H and O–H groups in total. The first-order valence-corrected chi connectivity index (χ1v) is 7.74. The van der Waals surface area contributed by atoms with Gasteiger partial charge in [0.05, 0.1) is 12.2 Å². The average Bonchev–Trinajstić information content (AvgIpc) is 2.44. The van der Waals surface area contributed by atoms with E-state index in [1.165, 1.54) is 0 Å². The van der Waals surface area contributed by atoms with Gasteiger partial charge in [-0.3, -0.25) is 0 Å². The molecule has 20 heavy (non-hydrogen) atoms. The second-order valence-corrected chi connectivity index (χ2v) is 5.48. The third-order valence-electron chi connectivity index (χ3n) is 2.79. The minimum absolute atomic E-state index is 0.399. The van der Waals surface area contributed by atoms with Gasteiger partial charge >= 0.3 is 0 Å². The first-order valence-electron chi connectivity index (χ1n) is 6.11. The Hall–Kier alpha value is -1.66. The molecule has 0 aliphatic carbocycles. The molecule has 1 heterocycles. The van der Waals surface area contributed by atoms with Crippen molar-refractivity contribution in [2.45, 2.75) is 18.4 Å². The number of hydrogen-bond donors (Lipinski definition) is 2. The summed E-state index contributed by atoms with van der Waals surface area (Å²) in [7, 11) is 0. The largest absolute Gasteiger partial charge is 0.389 e. The Labute approximate surface area is 128 Å². The van der Waals surface area contributed by atoms with Gasteiger partial charge in [0, 0.05) is 22.3 Å². The van der Waals surface area contributed by atoms with Crippen LogP contribution in [0, 0.1) is 6.92 Å². The van der Waals surface area contributed by atoms with Gasteiger partial charge in [-0.15, -0.1) is 11.8 Å². The third kappa shape index (κ3) is 3.46. The van der Waals surface area contributed by atoms with E-state index in [9.17, 15) is 0 Å². The molecule has 1 aromatic heterocycles. The molecule has 0 radical (unpaired) electrons. The predicted molar refractivity (Wildman–Crippen MR) is 88.2 cm³/mol. The summed E-state index contributed by atoms with van der Waals surface area (Å²) in [5.74, 6) is 0.761. The van der Waals surface area contributed by atoms with E-state index in [-0.39, 0.29) is 0 Å². The Morgan fingerprint density at radius 3 is 2.85 bits per heavy atom. The van der Waals surface area contributed by atoms with Crippen molar-refractivity contribution < 1.29 is 0 Å². The lowest BCUT2D eigenvalue weighted by Crippen LogP contribution is -2.15. The van der Waals surface area contributed by atoms with Crippen LogP contribution in [-0.2, 0) is 6.54 Å². The molecule has 1 aromatic carbocycles. The lowest BCUT2D eigenvalue weighted by atomic mass is 10.1. The van der Waals surface area contributed by atoms with Gasteiger partial charge in [0.15, 0.2) is 0 Å². The van der Waals surface area contributed by atoms with Gasteiger partial charge in [-0.2, -0.15) is 0 Å². The molecule has 0 aliphatic rings. The van der Waals surface area contributed by atoms with Gasteiger partial charge in [0.25, 0.3) is 0 Å². The van der Waals surface area contributed by atoms with Crippen molar-refractivity contribution in [1.82, 2.24) is 9.97 Å². The van der Waals surface area contributed by atoms with E-state index in [4.69, 9.17) is 18.0 Å². The van der Waals surface area contributed by atoms with E-state index in [2.05, 4.69) is 15.3 Å². The second kappa shape index (κ2) is 6.67. The number of nitrogens with zero attached hydrogens (tertiary/aromatic N) is 2. The van der Waals surface area contributed by atoms with E-state index in [1.54, 1.807) is 18.0 Å². The van der Waals surface area contributed by atoms with Gasteiger partial charge in [0.2, 0.25) is 0 Å². The molecule has 4 nitrogen and oxygen atoms in total. The molecule has 0 amide bonds. The Kier molecular flexibility index (Phi) is 4.92. The number of hydrogen-bond acceptors (Lipinski definition) is 5. The third-order valence-corrected chi connectivity index (χ3v) is 3.77. The Morgan fingerprint density at radius 2 is 2.20 bits per heavy atom. The van der Waals surface area contributed by atoms with E-state index < -0.39 is 0 Å². The van der Waals surface area contributed by atoms with Crippen molar-refractivity contribution in [3.63, 3.8) is 0 Å². The van der Waals surface area contributed by atoms with E-state index in [0.29, 0.717) is 11.5 Å². The Balaban J connectivity index is 2.23. The minimum atomic E-state index is 0.399. The number of anilines is 1. The van der Waals surface area contributed by atoms with E-state index in [0.717, 1.165) is 27.7 Å². The first kappa shape index (κ1) is 14.7. The van der Waals surface area contributed by atoms with Crippen molar-refractivity contribution >= 4 is 34.7 Å². The molecule has 0 aliphatic heterocycles. The summed E-state index contributed by atoms with van der Waals surface area (Å²) < 4.78 is 0. The molecular formula is C14H16N4S2. The monoisotopic (exact) mass is 304 g/mol. The number of benzene rings is 1. The summed E-state index contributed by atoms with van der Waals surface area (Å²) in [4.78, 5) is 9.92. The van der Waals surface area contributed by atoms with Crippen molar-refractivity contribution in [2.24, 2.45) is 5.73 Å². The quantitative estimate of drug-likeness (QED) is 0.654. The first-order chi connectivity index (χ1) is 9.61. The highest BCUT2D eigenvalue weighted by Gasteiger charge is 2.10. The van der Waals surface area contributed by atoms with Crippen molar-refractivity contribution in [2.75, 3.05) is 11.6 Å². The predicted octanol–water partition coefficient (Wildman–Crippen LogP) is 2.75. The molecule has 2 rings (SSSR count). The summed E-state index contributed by atoms with van der Waals surface area (Å²) >= 11 is 6.78. The number of rotatable bonds is 5. The van der Waals surface area contributed by atoms with Crippen molar-refractivity contribution in [3.05, 3.63) is 47.5 Å². The molecule has 0 unspecified atom stereocenters. The van der Waals surface area contributed by atoms with Gasteiger partial charge in [-0.05, 0) is 31.4 Å². The van der Waals surface area contributed by atoms with E-state index >= 15 is 0 Å². The number of thioether (sulfide) groups is 1. The number of nitrogens with two attached hydrogens (primary N) is 1. The zero-order valence-electron chi connectivity index (χ0n) is 11.4. The van der Waals surface area contributed by atoms with Crippen LogP contribution in [0.25, 0.3) is 0 Å². The Bertz CT molecular complexity index is 628. The summed E-state index contributed by atoms with van der Waals surface area (Å²) in [5.41, 5.74) is 8.59. The lowest BCUT2D eigenvalue weighted by molar-refractivity contribution is 0.954. The zero-order valence-corrected chi connectivity index (χ0v) is 13.0. The molecule has 0 fully saturated rings. The number of aryl methyl sites for hydroxylation is 1. The highest BCUT2D eigenvalue weighted by atomic mass is 32.2. The summed E-state index contributed by atoms with van der Waals surface area (Å²) in [5, 5.41) is 3.34. The second-order valence-electron chi connectivity index (χ2n) is 4.20. The van der Waals surface area contributed by atoms with E-state index in [1.807, 2.05) is 37.4 Å². The minimum Gasteiger partial charge on any atom is -0.389 e. The molecule has 6 heteroatoms. The highest BCUT2D eigenvalue weighted by Crippen LogP contribution is 2.27. The number of aromatic nitrogens is 2. The maximum absolute atomic E-state index is 5.84. The van der Waals surface area contributed by atoms with Crippen LogP contribution in [0.3, 0.4) is 0 Å². The molecular weight excluding hydrogens is 288 g/mol. The van der Waals surface area contributed by atoms with Crippen LogP contribution in [0.15, 0.2) is 35.4 Å². The molecule has 104 valence electrons. The fourth-order valence-electron chi connectivity index (χ4n) is 1.89. The van der Waals surface area contributed by atoms with Crippen LogP contribution in [0.4, 0.5) is 5.69 Å². The van der Waals surface area contributed by atoms with Crippen molar-refractivity contribution in [1.29, 1.82) is 0 Å². The van der Waals surface area contributed by atoms with Crippen molar-refractivity contribution in [3.8, 4) is 0 Å². The fraction of sp³-hybridized carbons (Fsp3) is 0.214. The van der Waals surface area contributed by atoms with Crippen LogP contribution >= 0.6 is 24.0 Å². The highest BCUT2D eigenvalue weighted by molar-refractivity contribution is 7.98. The topological polar surface area (TPSA) is 63.8 Å². The van der Waals surface area contributed by atoms with Crippen LogP contribution < -0.4 is 11.1 Å². The molecule has 0 saturated carbocycles. The summed E-state index contributed by atoms with van der Waals surface area (Å²) in [6.07, 6.45) is 3.76. The normalized spacial score (nSPS) is 10.3. The smallest absolute Gasteiger partial charge is 0.125 e. The molecule has 0 spiro atoms. The number of thiocarbonyl (C=S) groups is 1. The maximum Gasteiger partial charge on any atom is 0.125 e. The molecule has 0 atom stereocenters. The van der Waals surface area contributed by atoms with Gasteiger partial charge in [-0.25, -0.2) is 9.97 Å². The zero-order chi connectivity index (χ0) is 14.5. The maximum atomic E-state index is 5.84. The fourth-order valence-corrected chi connectivity index (χ4v) is 2.82. The molecule has 2 aromatic rings. The standard InChI is InChI=1S/C14H16N4S2/c1-9-16-7-6-10(18-9)8-17-11-4-3-5-12(20-2)13(11)14(15)19/h3-7,17H,8H2,1-2H3,(H2,15,19). The van der Waals surface area contributed by atoms with Crippen LogP contribution in [0.2, 0.25) is 0 Å². The van der Waals surface area contributed by atoms with Crippen LogP contribution in [-0.4, -0.2) is 21.2 Å². The van der Waals surface area contributed by atoms with Crippen LogP contribution in [0.1, 0.15) is 17.1 Å². The van der Waals surface area contributed by atoms with Gasteiger partial charge < -0.3 is 11.1 Å².